The second-order valence-corrected chi connectivity index (χ2v) is 21.7. The van der Waals surface area contributed by atoms with E-state index in [1.165, 1.54) is 46.8 Å². The Kier molecular flexibility index (Phi) is 13.5. The fraction of sp³-hybridized carbons (Fsp3) is 0.348. The van der Waals surface area contributed by atoms with E-state index in [9.17, 15) is 36.6 Å². The van der Waals surface area contributed by atoms with Gasteiger partial charge < -0.3 is 39.7 Å². The minimum absolute atomic E-state index is 0.0155. The Labute approximate surface area is 392 Å². The van der Waals surface area contributed by atoms with E-state index in [1.807, 2.05) is 14.1 Å². The van der Waals surface area contributed by atoms with Crippen molar-refractivity contribution in [2.24, 2.45) is 0 Å². The Bertz CT molecular complexity index is 2830. The van der Waals surface area contributed by atoms with Crippen molar-refractivity contribution in [2.45, 2.75) is 83.4 Å². The molecule has 4 aromatic carbocycles. The quantitative estimate of drug-likeness (QED) is 0.0928. The summed E-state index contributed by atoms with van der Waals surface area (Å²) in [5.74, 6) is -2.79. The number of carbonyl (C=O) groups excluding carboxylic acids is 2. The average Bonchev–Trinajstić information content (AvgIpc) is 3.93. The number of nitrogens with one attached hydrogen (secondary N) is 2. The molecule has 2 atom stereocenters. The van der Waals surface area contributed by atoms with E-state index in [1.54, 1.807) is 62.4 Å². The lowest BCUT2D eigenvalue weighted by atomic mass is 10.0. The molecule has 0 spiro atoms. The number of benzene rings is 4. The number of likely N-dealkylation sites (tertiary alicyclic amines) is 2. The van der Waals surface area contributed by atoms with Gasteiger partial charge in [0.05, 0.1) is 43.0 Å². The zero-order valence-corrected chi connectivity index (χ0v) is 39.7. The van der Waals surface area contributed by atoms with Gasteiger partial charge in [0, 0.05) is 44.2 Å². The highest BCUT2D eigenvalue weighted by molar-refractivity contribution is 7.92. The van der Waals surface area contributed by atoms with Crippen LogP contribution in [-0.4, -0.2) is 123 Å². The third-order valence-electron chi connectivity index (χ3n) is 12.4. The number of aromatic nitrogens is 2. The van der Waals surface area contributed by atoms with Crippen molar-refractivity contribution in [3.05, 3.63) is 106 Å². The first kappa shape index (κ1) is 47.3. The Morgan fingerprint density at radius 3 is 1.35 bits per heavy atom. The van der Waals surface area contributed by atoms with Crippen molar-refractivity contribution in [3.63, 3.8) is 0 Å². The fourth-order valence-corrected chi connectivity index (χ4v) is 11.7. The summed E-state index contributed by atoms with van der Waals surface area (Å²) >= 11 is 12.3. The predicted octanol–water partition coefficient (Wildman–Crippen LogP) is 6.38. The highest BCUT2D eigenvalue weighted by atomic mass is 35.5. The number of anilines is 2. The molecule has 4 heterocycles. The van der Waals surface area contributed by atoms with E-state index >= 15 is 0 Å². The normalized spacial score (nSPS) is 16.9. The monoisotopic (exact) mass is 980 g/mol. The number of carbonyl (C=O) groups is 2. The van der Waals surface area contributed by atoms with Crippen LogP contribution in [0.4, 0.5) is 11.4 Å². The number of aromatic amines is 2. The van der Waals surface area contributed by atoms with Gasteiger partial charge in [0.15, 0.2) is 12.2 Å². The van der Waals surface area contributed by atoms with Gasteiger partial charge in [-0.2, -0.15) is 0 Å². The first-order valence-electron chi connectivity index (χ1n) is 21.3. The van der Waals surface area contributed by atoms with Crippen LogP contribution in [0.5, 0.6) is 0 Å². The fourth-order valence-electron chi connectivity index (χ4n) is 8.49. The van der Waals surface area contributed by atoms with Crippen molar-refractivity contribution in [2.75, 3.05) is 50.4 Å². The van der Waals surface area contributed by atoms with Crippen LogP contribution in [0.25, 0.3) is 21.8 Å². The van der Waals surface area contributed by atoms with E-state index in [0.717, 1.165) is 0 Å². The third-order valence-corrected chi connectivity index (χ3v) is 16.5. The van der Waals surface area contributed by atoms with Crippen LogP contribution in [0.2, 0.25) is 10.0 Å². The highest BCUT2D eigenvalue weighted by Gasteiger charge is 2.40. The Morgan fingerprint density at radius 1 is 0.621 bits per heavy atom. The van der Waals surface area contributed by atoms with Gasteiger partial charge in [-0.1, -0.05) is 47.5 Å². The molecule has 0 aliphatic carbocycles. The van der Waals surface area contributed by atoms with Crippen molar-refractivity contribution in [3.8, 4) is 0 Å². The molecule has 66 heavy (non-hydrogen) atoms. The van der Waals surface area contributed by atoms with E-state index in [4.69, 9.17) is 32.9 Å². The Morgan fingerprint density at radius 2 is 0.985 bits per heavy atom. The van der Waals surface area contributed by atoms with Crippen LogP contribution < -0.4 is 10.1 Å². The first-order valence-corrected chi connectivity index (χ1v) is 25.1. The second kappa shape index (κ2) is 18.8. The molecule has 2 aliphatic rings. The van der Waals surface area contributed by atoms with Crippen molar-refractivity contribution < 1.29 is 46.3 Å². The van der Waals surface area contributed by atoms with E-state index in [2.05, 4.69) is 19.8 Å². The molecule has 2 unspecified atom stereocenters. The third kappa shape index (κ3) is 9.38. The molecule has 4 N–H and O–H groups in total. The minimum atomic E-state index is -4.15. The molecule has 2 saturated heterocycles. The molecule has 2 aromatic heterocycles. The molecule has 0 amide bonds. The maximum Gasteiger partial charge on any atom is 0.363 e. The van der Waals surface area contributed by atoms with Gasteiger partial charge in [-0.05, 0) is 139 Å². The number of rotatable bonds is 13. The number of piperidine rings is 2. The second-order valence-electron chi connectivity index (χ2n) is 17.0. The largest absolute Gasteiger partial charge is 0.379 e. The maximum absolute atomic E-state index is 14.2. The molecule has 0 saturated carbocycles. The number of aliphatic hydroxyl groups is 2. The van der Waals surface area contributed by atoms with Gasteiger partial charge in [-0.15, -0.1) is 0 Å². The maximum atomic E-state index is 14.2. The predicted molar refractivity (Wildman–Crippen MR) is 250 cm³/mol. The van der Waals surface area contributed by atoms with Gasteiger partial charge in [0.1, 0.15) is 0 Å². The van der Waals surface area contributed by atoms with Crippen LogP contribution in [0.1, 0.15) is 36.8 Å². The smallest absolute Gasteiger partial charge is 0.363 e. The number of hydrogen-bond donors (Lipinski definition) is 4. The lowest BCUT2D eigenvalue weighted by molar-refractivity contribution is -0.176. The molecule has 6 aromatic rings. The average molecular weight is 982 g/mol. The van der Waals surface area contributed by atoms with Crippen LogP contribution >= 0.6 is 23.2 Å². The summed E-state index contributed by atoms with van der Waals surface area (Å²) < 4.78 is 56.7. The number of fused-ring (bicyclic) bond motifs is 2. The zero-order valence-electron chi connectivity index (χ0n) is 36.6. The molecule has 2 aliphatic heterocycles. The van der Waals surface area contributed by atoms with Crippen LogP contribution in [0, 0.1) is 13.8 Å². The summed E-state index contributed by atoms with van der Waals surface area (Å²) in [5.41, 5.74) is 2.59. The number of sulfone groups is 2. The summed E-state index contributed by atoms with van der Waals surface area (Å²) in [6.45, 7) is 5.86. The van der Waals surface area contributed by atoms with Gasteiger partial charge in [0.25, 0.3) is 0 Å². The molecular formula is C46H50Cl2N6O10S2. The van der Waals surface area contributed by atoms with Crippen LogP contribution in [0.15, 0.2) is 105 Å². The van der Waals surface area contributed by atoms with Gasteiger partial charge in [-0.3, -0.25) is 0 Å². The van der Waals surface area contributed by atoms with Gasteiger partial charge in [-0.25, -0.2) is 36.6 Å². The highest BCUT2D eigenvalue weighted by Crippen LogP contribution is 2.37. The van der Waals surface area contributed by atoms with Crippen LogP contribution in [-0.2, 0) is 38.9 Å². The number of hydroxylamine groups is 2. The van der Waals surface area contributed by atoms with Gasteiger partial charge in [0.2, 0.25) is 19.7 Å². The number of nitrogens with zero attached hydrogens (tertiary/aromatic N) is 4. The molecule has 8 rings (SSSR count). The first-order chi connectivity index (χ1) is 31.3. The van der Waals surface area contributed by atoms with E-state index < -0.39 is 55.9 Å². The number of halogens is 2. The Hall–Kier alpha value is -5.18. The number of hydrogen-bond acceptors (Lipinski definition) is 14. The van der Waals surface area contributed by atoms with Crippen LogP contribution in [0.3, 0.4) is 0 Å². The van der Waals surface area contributed by atoms with Crippen molar-refractivity contribution >= 4 is 88.0 Å². The molecular weight excluding hydrogens is 932 g/mol. The number of aryl methyl sites for hydroxylation is 2. The summed E-state index contributed by atoms with van der Waals surface area (Å²) in [7, 11) is -4.41. The minimum Gasteiger partial charge on any atom is -0.379 e. The molecule has 20 heteroatoms. The summed E-state index contributed by atoms with van der Waals surface area (Å²) in [6.07, 6.45) is -0.208. The summed E-state index contributed by atoms with van der Waals surface area (Å²) in [6, 6.07) is 17.5. The molecule has 16 nitrogen and oxygen atoms in total. The van der Waals surface area contributed by atoms with E-state index in [-0.39, 0.29) is 31.0 Å². The molecule has 0 bridgehead atoms. The van der Waals surface area contributed by atoms with Gasteiger partial charge >= 0.3 is 11.9 Å². The number of H-pyrrole nitrogens is 2. The summed E-state index contributed by atoms with van der Waals surface area (Å²) in [5, 5.41) is 26.9. The van der Waals surface area contributed by atoms with E-state index in [0.29, 0.717) is 94.8 Å². The molecule has 0 radical (unpaired) electrons. The topological polar surface area (TPSA) is 206 Å². The summed E-state index contributed by atoms with van der Waals surface area (Å²) in [4.78, 5) is 49.6. The standard InChI is InChI=1S/C46H50Cl2N6O10S2/c1-27-5-9-33(65(59,60)41-25-49-37-21-29(47)7-11-35(37)41)23-39(27)53(31-13-17-51(3)18-14-31)63-45(57)43(55)44(56)46(58)64-54(32-15-19-52(4)20-16-32)40-24-34(10-6-28(40)2)66(61,62)42-26-50-38-22-30(48)8-12-36(38)42/h5-12,21-26,31-32,43-44,49-50,55-56H,13-20H2,1-4H3. The SMILES string of the molecule is Cc1ccc(S(=O)(=O)c2c[nH]c3cc(Cl)ccc23)cc1N(OC(=O)C(O)C(O)C(=O)ON(c1cc(S(=O)(=O)c2c[nH]c3cc(Cl)ccc23)ccc1C)C1CCN(C)CC1)C1CCN(C)CC1. The molecule has 350 valence electrons. The molecule has 2 fully saturated rings. The van der Waals surface area contributed by atoms with Crippen molar-refractivity contribution in [1.29, 1.82) is 0 Å². The van der Waals surface area contributed by atoms with Crippen molar-refractivity contribution in [1.82, 2.24) is 19.8 Å². The zero-order chi connectivity index (χ0) is 47.2. The Balaban J connectivity index is 1.07. The lowest BCUT2D eigenvalue weighted by Crippen LogP contribution is -2.51. The number of aliphatic hydroxyl groups excluding tert-OH is 2. The lowest BCUT2D eigenvalue weighted by Gasteiger charge is -2.38.